The van der Waals surface area contributed by atoms with Crippen LogP contribution in [-0.4, -0.2) is 61.6 Å². The Bertz CT molecular complexity index is 1100. The van der Waals surface area contributed by atoms with Crippen LogP contribution in [0.15, 0.2) is 66.0 Å². The van der Waals surface area contributed by atoms with Crippen molar-refractivity contribution in [2.45, 2.75) is 12.5 Å². The van der Waals surface area contributed by atoms with Gasteiger partial charge in [-0.05, 0) is 59.8 Å². The number of thiophene rings is 1. The SMILES string of the molecule is COCCN(CC(=O)N1CCc2sccc2[C@H]1COc1ccc(Cl)cc1)C(=O)c1ccccc1. The van der Waals surface area contributed by atoms with Gasteiger partial charge in [-0.1, -0.05) is 29.8 Å². The van der Waals surface area contributed by atoms with Crippen LogP contribution in [0.25, 0.3) is 0 Å². The quantitative estimate of drug-likeness (QED) is 0.429. The van der Waals surface area contributed by atoms with Gasteiger partial charge in [0.25, 0.3) is 5.91 Å². The molecule has 178 valence electrons. The Hall–Kier alpha value is -2.87. The van der Waals surface area contributed by atoms with Crippen LogP contribution in [0, 0.1) is 0 Å². The van der Waals surface area contributed by atoms with E-state index in [4.69, 9.17) is 21.1 Å². The lowest BCUT2D eigenvalue weighted by molar-refractivity contribution is -0.135. The van der Waals surface area contributed by atoms with E-state index in [1.165, 1.54) is 4.88 Å². The molecule has 1 aliphatic rings. The second-order valence-corrected chi connectivity index (χ2v) is 9.44. The summed E-state index contributed by atoms with van der Waals surface area (Å²) < 4.78 is 11.2. The molecule has 8 heteroatoms. The van der Waals surface area contributed by atoms with Gasteiger partial charge in [-0.3, -0.25) is 9.59 Å². The lowest BCUT2D eigenvalue weighted by Gasteiger charge is -2.37. The van der Waals surface area contributed by atoms with Crippen LogP contribution in [0.5, 0.6) is 5.75 Å². The van der Waals surface area contributed by atoms with Crippen molar-refractivity contribution >= 4 is 34.8 Å². The number of rotatable bonds is 9. The minimum atomic E-state index is -0.228. The smallest absolute Gasteiger partial charge is 0.254 e. The molecule has 3 aromatic rings. The monoisotopic (exact) mass is 498 g/mol. The van der Waals surface area contributed by atoms with Crippen molar-refractivity contribution in [3.05, 3.63) is 87.1 Å². The van der Waals surface area contributed by atoms with E-state index < -0.39 is 0 Å². The van der Waals surface area contributed by atoms with Crippen LogP contribution in [-0.2, 0) is 16.0 Å². The molecule has 1 aliphatic heterocycles. The van der Waals surface area contributed by atoms with E-state index in [0.717, 1.165) is 12.0 Å². The molecule has 2 aromatic carbocycles. The van der Waals surface area contributed by atoms with Crippen LogP contribution in [0.2, 0.25) is 5.02 Å². The highest BCUT2D eigenvalue weighted by atomic mass is 35.5. The fourth-order valence-corrected chi connectivity index (χ4v) is 5.11. The van der Waals surface area contributed by atoms with Crippen LogP contribution >= 0.6 is 22.9 Å². The molecule has 0 fully saturated rings. The van der Waals surface area contributed by atoms with Crippen molar-refractivity contribution in [2.24, 2.45) is 0 Å². The molecule has 1 aromatic heterocycles. The number of hydrogen-bond donors (Lipinski definition) is 0. The highest BCUT2D eigenvalue weighted by Crippen LogP contribution is 2.34. The zero-order valence-corrected chi connectivity index (χ0v) is 20.6. The summed E-state index contributed by atoms with van der Waals surface area (Å²) in [5, 5.41) is 2.69. The van der Waals surface area contributed by atoms with E-state index in [0.29, 0.717) is 42.6 Å². The molecule has 0 spiro atoms. The van der Waals surface area contributed by atoms with Crippen LogP contribution in [0.3, 0.4) is 0 Å². The van der Waals surface area contributed by atoms with Crippen molar-refractivity contribution in [2.75, 3.05) is 40.0 Å². The first-order valence-corrected chi connectivity index (χ1v) is 12.4. The van der Waals surface area contributed by atoms with Crippen LogP contribution in [0.1, 0.15) is 26.8 Å². The number of nitrogens with zero attached hydrogens (tertiary/aromatic N) is 2. The van der Waals surface area contributed by atoms with Gasteiger partial charge in [0.15, 0.2) is 0 Å². The third-order valence-corrected chi connectivity index (χ3v) is 7.08. The van der Waals surface area contributed by atoms with Gasteiger partial charge in [-0.15, -0.1) is 11.3 Å². The number of methoxy groups -OCH3 is 1. The second-order valence-electron chi connectivity index (χ2n) is 8.00. The molecule has 1 atom stereocenters. The van der Waals surface area contributed by atoms with Gasteiger partial charge >= 0.3 is 0 Å². The summed E-state index contributed by atoms with van der Waals surface area (Å²) in [5.41, 5.74) is 1.66. The van der Waals surface area contributed by atoms with Gasteiger partial charge in [0.05, 0.1) is 12.6 Å². The first-order valence-electron chi connectivity index (χ1n) is 11.1. The molecule has 0 radical (unpaired) electrons. The van der Waals surface area contributed by atoms with Crippen molar-refractivity contribution in [1.82, 2.24) is 9.80 Å². The molecule has 2 heterocycles. The van der Waals surface area contributed by atoms with Gasteiger partial charge in [0, 0.05) is 35.7 Å². The molecule has 2 amide bonds. The fraction of sp³-hybridized carbons (Fsp3) is 0.308. The van der Waals surface area contributed by atoms with Gasteiger partial charge in [0.1, 0.15) is 18.9 Å². The predicted octanol–water partition coefficient (Wildman–Crippen LogP) is 4.70. The molecule has 0 N–H and O–H groups in total. The Labute approximate surface area is 208 Å². The molecule has 0 saturated heterocycles. The Kier molecular flexibility index (Phi) is 8.21. The lowest BCUT2D eigenvalue weighted by Crippen LogP contribution is -2.48. The predicted molar refractivity (Wildman–Crippen MR) is 134 cm³/mol. The zero-order chi connectivity index (χ0) is 23.9. The van der Waals surface area contributed by atoms with Crippen molar-refractivity contribution in [1.29, 1.82) is 0 Å². The lowest BCUT2D eigenvalue weighted by atomic mass is 10.0. The molecule has 4 rings (SSSR count). The van der Waals surface area contributed by atoms with E-state index in [2.05, 4.69) is 11.4 Å². The highest BCUT2D eigenvalue weighted by molar-refractivity contribution is 7.10. The standard InChI is InChI=1S/C26H27ClN2O4S/c1-32-15-14-28(26(31)19-5-3-2-4-6-19)17-25(30)29-13-11-24-22(12-16-34-24)23(29)18-33-21-9-7-20(27)8-10-21/h2-10,12,16,23H,11,13-15,17-18H2,1H3/t23-/m1/s1. The first kappa shape index (κ1) is 24.3. The maximum atomic E-state index is 13.5. The normalized spacial score (nSPS) is 15.0. The third kappa shape index (κ3) is 5.78. The molecular formula is C26H27ClN2O4S. The maximum absolute atomic E-state index is 13.5. The molecule has 0 bridgehead atoms. The summed E-state index contributed by atoms with van der Waals surface area (Å²) >= 11 is 7.69. The Morgan fingerprint density at radius 1 is 1.12 bits per heavy atom. The molecule has 0 unspecified atom stereocenters. The van der Waals surface area contributed by atoms with E-state index >= 15 is 0 Å². The number of ether oxygens (including phenoxy) is 2. The topological polar surface area (TPSA) is 59.1 Å². The van der Waals surface area contributed by atoms with E-state index in [1.54, 1.807) is 47.6 Å². The molecular weight excluding hydrogens is 472 g/mol. The minimum Gasteiger partial charge on any atom is -0.491 e. The highest BCUT2D eigenvalue weighted by Gasteiger charge is 2.33. The van der Waals surface area contributed by atoms with Crippen molar-refractivity contribution < 1.29 is 19.1 Å². The van der Waals surface area contributed by atoms with Crippen molar-refractivity contribution in [3.63, 3.8) is 0 Å². The molecule has 34 heavy (non-hydrogen) atoms. The number of benzene rings is 2. The van der Waals surface area contributed by atoms with Gasteiger partial charge in [-0.2, -0.15) is 0 Å². The minimum absolute atomic E-state index is 0.0198. The number of carbonyl (C=O) groups is 2. The fourth-order valence-electron chi connectivity index (χ4n) is 4.05. The Morgan fingerprint density at radius 3 is 2.62 bits per heavy atom. The average molecular weight is 499 g/mol. The third-order valence-electron chi connectivity index (χ3n) is 5.84. The summed E-state index contributed by atoms with van der Waals surface area (Å²) in [6.07, 6.45) is 0.793. The number of amides is 2. The summed E-state index contributed by atoms with van der Waals surface area (Å²) in [4.78, 5) is 31.3. The molecule has 6 nitrogen and oxygen atoms in total. The maximum Gasteiger partial charge on any atom is 0.254 e. The van der Waals surface area contributed by atoms with E-state index in [9.17, 15) is 9.59 Å². The van der Waals surface area contributed by atoms with Crippen LogP contribution in [0.4, 0.5) is 0 Å². The van der Waals surface area contributed by atoms with Gasteiger partial charge in [0.2, 0.25) is 5.91 Å². The molecule has 0 saturated carbocycles. The second kappa shape index (κ2) is 11.5. The summed E-state index contributed by atoms with van der Waals surface area (Å²) in [5.74, 6) is 0.398. The zero-order valence-electron chi connectivity index (χ0n) is 19.0. The first-order chi connectivity index (χ1) is 16.6. The number of halogens is 1. The number of carbonyl (C=O) groups excluding carboxylic acids is 2. The number of fused-ring (bicyclic) bond motifs is 1. The average Bonchev–Trinajstić information content (AvgIpc) is 3.35. The number of hydrogen-bond acceptors (Lipinski definition) is 5. The largest absolute Gasteiger partial charge is 0.491 e. The summed E-state index contributed by atoms with van der Waals surface area (Å²) in [6, 6.07) is 18.0. The van der Waals surface area contributed by atoms with Crippen LogP contribution < -0.4 is 4.74 Å². The molecule has 0 aliphatic carbocycles. The Morgan fingerprint density at radius 2 is 1.88 bits per heavy atom. The van der Waals surface area contributed by atoms with Crippen molar-refractivity contribution in [3.8, 4) is 5.75 Å². The van der Waals surface area contributed by atoms with Gasteiger partial charge < -0.3 is 19.3 Å². The summed E-state index contributed by atoms with van der Waals surface area (Å²) in [6.45, 7) is 1.57. The Balaban J connectivity index is 1.51. The van der Waals surface area contributed by atoms with E-state index in [-0.39, 0.29) is 24.4 Å². The summed E-state index contributed by atoms with van der Waals surface area (Å²) in [7, 11) is 1.58. The van der Waals surface area contributed by atoms with E-state index in [1.807, 2.05) is 35.2 Å². The van der Waals surface area contributed by atoms with Gasteiger partial charge in [-0.25, -0.2) is 0 Å².